The highest BCUT2D eigenvalue weighted by molar-refractivity contribution is 5.90. The SMILES string of the molecule is c1ccc(N(c2ccccc2)c2ccc(N(c3ccc(-c4nc5ccccc5o4)cc3)c3ccc4ccccc4c3)cc2)cc1. The van der Waals surface area contributed by atoms with E-state index in [0.717, 1.165) is 50.8 Å². The number of fused-ring (bicyclic) bond motifs is 2. The van der Waals surface area contributed by atoms with Crippen molar-refractivity contribution < 1.29 is 4.42 Å². The highest BCUT2D eigenvalue weighted by Gasteiger charge is 2.17. The van der Waals surface area contributed by atoms with Gasteiger partial charge in [-0.05, 0) is 108 Å². The summed E-state index contributed by atoms with van der Waals surface area (Å²) in [6.07, 6.45) is 0. The standard InChI is InChI=1S/C41H29N3O/c1-3-13-33(14-4-1)43(34-15-5-2-6-16-34)36-25-27-37(28-26-36)44(38-24-19-30-11-7-8-12-32(30)29-38)35-22-20-31(21-23-35)41-42-39-17-9-10-18-40(39)45-41/h1-29H. The average Bonchev–Trinajstić information content (AvgIpc) is 3.55. The first-order valence-corrected chi connectivity index (χ1v) is 15.1. The number of nitrogens with zero attached hydrogens (tertiary/aromatic N) is 3. The summed E-state index contributed by atoms with van der Waals surface area (Å²) in [6.45, 7) is 0. The van der Waals surface area contributed by atoms with Crippen molar-refractivity contribution in [3.05, 3.63) is 176 Å². The van der Waals surface area contributed by atoms with Gasteiger partial charge in [0.25, 0.3) is 0 Å². The predicted octanol–water partition coefficient (Wildman–Crippen LogP) is 11.6. The number of aromatic nitrogens is 1. The van der Waals surface area contributed by atoms with Crippen LogP contribution in [0.15, 0.2) is 180 Å². The molecule has 4 nitrogen and oxygen atoms in total. The maximum atomic E-state index is 6.05. The molecule has 0 saturated carbocycles. The third-order valence-corrected chi connectivity index (χ3v) is 8.05. The molecule has 1 heterocycles. The molecule has 0 spiro atoms. The minimum Gasteiger partial charge on any atom is -0.436 e. The molecule has 0 fully saturated rings. The molecular formula is C41H29N3O. The Labute approximate surface area is 262 Å². The van der Waals surface area contributed by atoms with Gasteiger partial charge in [0, 0.05) is 39.7 Å². The molecule has 1 aromatic heterocycles. The summed E-state index contributed by atoms with van der Waals surface area (Å²) in [5.41, 5.74) is 9.06. The molecule has 7 aromatic carbocycles. The average molecular weight is 580 g/mol. The first-order valence-electron chi connectivity index (χ1n) is 15.1. The van der Waals surface area contributed by atoms with E-state index in [1.165, 1.54) is 10.8 Å². The van der Waals surface area contributed by atoms with Gasteiger partial charge in [0.2, 0.25) is 5.89 Å². The number of hydrogen-bond acceptors (Lipinski definition) is 4. The number of para-hydroxylation sites is 4. The van der Waals surface area contributed by atoms with E-state index < -0.39 is 0 Å². The molecule has 0 bridgehead atoms. The minimum atomic E-state index is 0.617. The van der Waals surface area contributed by atoms with Crippen LogP contribution >= 0.6 is 0 Å². The molecule has 45 heavy (non-hydrogen) atoms. The van der Waals surface area contributed by atoms with Gasteiger partial charge in [-0.15, -0.1) is 0 Å². The van der Waals surface area contributed by atoms with Crippen molar-refractivity contribution >= 4 is 56.0 Å². The van der Waals surface area contributed by atoms with Crippen molar-refractivity contribution in [2.75, 3.05) is 9.80 Å². The van der Waals surface area contributed by atoms with Crippen molar-refractivity contribution in [1.29, 1.82) is 0 Å². The number of rotatable bonds is 7. The largest absolute Gasteiger partial charge is 0.436 e. The van der Waals surface area contributed by atoms with Gasteiger partial charge >= 0.3 is 0 Å². The fraction of sp³-hybridized carbons (Fsp3) is 0. The molecule has 214 valence electrons. The molecule has 0 aliphatic carbocycles. The Hall–Kier alpha value is -6.13. The van der Waals surface area contributed by atoms with Gasteiger partial charge in [-0.3, -0.25) is 0 Å². The zero-order valence-electron chi connectivity index (χ0n) is 24.5. The summed E-state index contributed by atoms with van der Waals surface area (Å²) < 4.78 is 6.05. The Bertz CT molecular complexity index is 2130. The zero-order chi connectivity index (χ0) is 30.0. The van der Waals surface area contributed by atoms with Gasteiger partial charge in [0.05, 0.1) is 0 Å². The molecule has 8 aromatic rings. The zero-order valence-corrected chi connectivity index (χ0v) is 24.5. The highest BCUT2D eigenvalue weighted by atomic mass is 16.3. The van der Waals surface area contributed by atoms with Gasteiger partial charge < -0.3 is 14.2 Å². The molecule has 0 N–H and O–H groups in total. The van der Waals surface area contributed by atoms with Crippen molar-refractivity contribution in [2.24, 2.45) is 0 Å². The van der Waals surface area contributed by atoms with Gasteiger partial charge in [-0.2, -0.15) is 0 Å². The first-order chi connectivity index (χ1) is 22.3. The maximum Gasteiger partial charge on any atom is 0.227 e. The summed E-state index contributed by atoms with van der Waals surface area (Å²) in [4.78, 5) is 9.27. The van der Waals surface area contributed by atoms with E-state index in [0.29, 0.717) is 5.89 Å². The first kappa shape index (κ1) is 26.5. The van der Waals surface area contributed by atoms with E-state index in [9.17, 15) is 0 Å². The molecule has 0 radical (unpaired) electrons. The molecule has 8 rings (SSSR count). The molecular weight excluding hydrogens is 550 g/mol. The van der Waals surface area contributed by atoms with Crippen LogP contribution in [0.1, 0.15) is 0 Å². The summed E-state index contributed by atoms with van der Waals surface area (Å²) >= 11 is 0. The fourth-order valence-corrected chi connectivity index (χ4v) is 5.86. The lowest BCUT2D eigenvalue weighted by Crippen LogP contribution is -2.12. The second kappa shape index (κ2) is 11.5. The number of hydrogen-bond donors (Lipinski definition) is 0. The highest BCUT2D eigenvalue weighted by Crippen LogP contribution is 2.40. The van der Waals surface area contributed by atoms with Crippen LogP contribution in [0.3, 0.4) is 0 Å². The van der Waals surface area contributed by atoms with Crippen LogP contribution in [0.2, 0.25) is 0 Å². The normalized spacial score (nSPS) is 11.1. The van der Waals surface area contributed by atoms with Gasteiger partial charge in [0.15, 0.2) is 5.58 Å². The Balaban J connectivity index is 1.20. The Morgan fingerprint density at radius 1 is 0.378 bits per heavy atom. The van der Waals surface area contributed by atoms with Crippen LogP contribution < -0.4 is 9.80 Å². The molecule has 0 unspecified atom stereocenters. The second-order valence-corrected chi connectivity index (χ2v) is 10.9. The van der Waals surface area contributed by atoms with Crippen LogP contribution in [-0.2, 0) is 0 Å². The van der Waals surface area contributed by atoms with E-state index in [4.69, 9.17) is 9.40 Å². The lowest BCUT2D eigenvalue weighted by Gasteiger charge is -2.28. The maximum absolute atomic E-state index is 6.05. The number of benzene rings is 7. The van der Waals surface area contributed by atoms with E-state index in [1.807, 2.05) is 36.4 Å². The monoisotopic (exact) mass is 579 g/mol. The molecule has 0 saturated heterocycles. The van der Waals surface area contributed by atoms with Gasteiger partial charge in [-0.1, -0.05) is 78.9 Å². The van der Waals surface area contributed by atoms with Gasteiger partial charge in [-0.25, -0.2) is 4.98 Å². The summed E-state index contributed by atoms with van der Waals surface area (Å²) in [5, 5.41) is 2.41. The van der Waals surface area contributed by atoms with Crippen molar-refractivity contribution in [3.8, 4) is 11.5 Å². The molecule has 0 aliphatic rings. The number of anilines is 6. The Kier molecular flexibility index (Phi) is 6.78. The van der Waals surface area contributed by atoms with Crippen LogP contribution in [0.4, 0.5) is 34.1 Å². The summed E-state index contributed by atoms with van der Waals surface area (Å²) in [7, 11) is 0. The van der Waals surface area contributed by atoms with E-state index in [-0.39, 0.29) is 0 Å². The molecule has 0 atom stereocenters. The van der Waals surface area contributed by atoms with Gasteiger partial charge in [0.1, 0.15) is 5.52 Å². The smallest absolute Gasteiger partial charge is 0.227 e. The van der Waals surface area contributed by atoms with Crippen molar-refractivity contribution in [1.82, 2.24) is 4.98 Å². The van der Waals surface area contributed by atoms with E-state index in [1.54, 1.807) is 0 Å². The third-order valence-electron chi connectivity index (χ3n) is 8.05. The lowest BCUT2D eigenvalue weighted by molar-refractivity contribution is 0.620. The van der Waals surface area contributed by atoms with Crippen LogP contribution in [0.25, 0.3) is 33.3 Å². The predicted molar refractivity (Wildman–Crippen MR) is 186 cm³/mol. The lowest BCUT2D eigenvalue weighted by atomic mass is 10.1. The molecule has 4 heteroatoms. The number of oxazole rings is 1. The second-order valence-electron chi connectivity index (χ2n) is 10.9. The summed E-state index contributed by atoms with van der Waals surface area (Å²) in [6, 6.07) is 61.1. The minimum absolute atomic E-state index is 0.617. The molecule has 0 aliphatic heterocycles. The topological polar surface area (TPSA) is 32.5 Å². The fourth-order valence-electron chi connectivity index (χ4n) is 5.86. The van der Waals surface area contributed by atoms with E-state index >= 15 is 0 Å². The van der Waals surface area contributed by atoms with Crippen molar-refractivity contribution in [3.63, 3.8) is 0 Å². The van der Waals surface area contributed by atoms with Crippen LogP contribution in [0, 0.1) is 0 Å². The molecule has 0 amide bonds. The van der Waals surface area contributed by atoms with Crippen LogP contribution in [-0.4, -0.2) is 4.98 Å². The third kappa shape index (κ3) is 5.19. The Morgan fingerprint density at radius 3 is 1.47 bits per heavy atom. The quantitative estimate of drug-likeness (QED) is 0.188. The van der Waals surface area contributed by atoms with Crippen molar-refractivity contribution in [2.45, 2.75) is 0 Å². The van der Waals surface area contributed by atoms with E-state index in [2.05, 4.69) is 149 Å². The Morgan fingerprint density at radius 2 is 0.844 bits per heavy atom. The summed E-state index contributed by atoms with van der Waals surface area (Å²) in [5.74, 6) is 0.617. The van der Waals surface area contributed by atoms with Crippen LogP contribution in [0.5, 0.6) is 0 Å².